The van der Waals surface area contributed by atoms with Crippen LogP contribution in [0.5, 0.6) is 11.6 Å². The normalized spacial score (nSPS) is 10.6. The number of rotatable bonds is 2. The summed E-state index contributed by atoms with van der Waals surface area (Å²) in [4.78, 5) is 17.6. The number of hydrogen-bond donors (Lipinski definition) is 1. The molecule has 0 radical (unpaired) electrons. The molecule has 4 nitrogen and oxygen atoms in total. The minimum atomic E-state index is -0.424. The van der Waals surface area contributed by atoms with Gasteiger partial charge >= 0.3 is 0 Å². The van der Waals surface area contributed by atoms with Gasteiger partial charge in [-0.2, -0.15) is 0 Å². The van der Waals surface area contributed by atoms with Gasteiger partial charge in [-0.1, -0.05) is 41.9 Å². The Bertz CT molecular complexity index is 799. The second kappa shape index (κ2) is 4.74. The van der Waals surface area contributed by atoms with E-state index in [1.807, 2.05) is 42.5 Å². The van der Waals surface area contributed by atoms with Crippen LogP contribution in [0.2, 0.25) is 5.02 Å². The number of hydrogen-bond acceptors (Lipinski definition) is 3. The van der Waals surface area contributed by atoms with E-state index in [0.717, 1.165) is 10.8 Å². The number of fused-ring (bicyclic) bond motifs is 1. The van der Waals surface area contributed by atoms with Crippen LogP contribution in [0.4, 0.5) is 0 Å². The van der Waals surface area contributed by atoms with Gasteiger partial charge in [0.05, 0.1) is 6.33 Å². The molecule has 3 aromatic rings. The predicted molar refractivity (Wildman–Crippen MR) is 73.9 cm³/mol. The third-order valence-corrected chi connectivity index (χ3v) is 3.03. The molecule has 1 N–H and O–H groups in total. The SMILES string of the molecule is O=c1[nH]cnc(Oc2ccc3ccccc3c2)c1Cl. The number of benzene rings is 2. The number of nitrogens with one attached hydrogen (secondary N) is 1. The van der Waals surface area contributed by atoms with Gasteiger partial charge in [0.1, 0.15) is 5.75 Å². The zero-order chi connectivity index (χ0) is 13.2. The van der Waals surface area contributed by atoms with Crippen LogP contribution in [0.15, 0.2) is 53.6 Å². The molecule has 1 aromatic heterocycles. The van der Waals surface area contributed by atoms with E-state index in [-0.39, 0.29) is 10.9 Å². The smallest absolute Gasteiger partial charge is 0.273 e. The number of aromatic nitrogens is 2. The molecule has 19 heavy (non-hydrogen) atoms. The summed E-state index contributed by atoms with van der Waals surface area (Å²) in [5, 5.41) is 2.09. The first-order valence-electron chi connectivity index (χ1n) is 5.64. The van der Waals surface area contributed by atoms with Gasteiger partial charge in [-0.05, 0) is 22.9 Å². The van der Waals surface area contributed by atoms with Crippen molar-refractivity contribution in [2.45, 2.75) is 0 Å². The summed E-state index contributed by atoms with van der Waals surface area (Å²) in [5.74, 6) is 0.680. The number of aromatic amines is 1. The van der Waals surface area contributed by atoms with Crippen LogP contribution in [-0.4, -0.2) is 9.97 Å². The van der Waals surface area contributed by atoms with Crippen LogP contribution < -0.4 is 10.3 Å². The van der Waals surface area contributed by atoms with Gasteiger partial charge in [0.15, 0.2) is 5.02 Å². The topological polar surface area (TPSA) is 55.0 Å². The fourth-order valence-electron chi connectivity index (χ4n) is 1.78. The van der Waals surface area contributed by atoms with Gasteiger partial charge in [-0.15, -0.1) is 0 Å². The molecule has 0 unspecified atom stereocenters. The maximum Gasteiger partial charge on any atom is 0.273 e. The van der Waals surface area contributed by atoms with E-state index in [1.54, 1.807) is 0 Å². The summed E-state index contributed by atoms with van der Waals surface area (Å²) in [6, 6.07) is 13.5. The van der Waals surface area contributed by atoms with Crippen molar-refractivity contribution >= 4 is 22.4 Å². The van der Waals surface area contributed by atoms with Gasteiger partial charge in [0.25, 0.3) is 5.56 Å². The quantitative estimate of drug-likeness (QED) is 0.778. The van der Waals surface area contributed by atoms with Crippen molar-refractivity contribution in [2.75, 3.05) is 0 Å². The van der Waals surface area contributed by atoms with Gasteiger partial charge in [-0.25, -0.2) is 4.98 Å². The lowest BCUT2D eigenvalue weighted by molar-refractivity contribution is 0.461. The van der Waals surface area contributed by atoms with E-state index < -0.39 is 5.56 Å². The molecule has 0 saturated carbocycles. The van der Waals surface area contributed by atoms with Crippen LogP contribution in [0, 0.1) is 0 Å². The first-order chi connectivity index (χ1) is 9.24. The van der Waals surface area contributed by atoms with Crippen molar-refractivity contribution in [3.05, 3.63) is 64.2 Å². The van der Waals surface area contributed by atoms with Crippen LogP contribution in [0.1, 0.15) is 0 Å². The fraction of sp³-hybridized carbons (Fsp3) is 0. The van der Waals surface area contributed by atoms with Crippen LogP contribution in [-0.2, 0) is 0 Å². The standard InChI is InChI=1S/C14H9ClN2O2/c15-12-13(18)16-8-17-14(12)19-11-6-5-9-3-1-2-4-10(9)7-11/h1-8H,(H,16,17,18). The van der Waals surface area contributed by atoms with Crippen molar-refractivity contribution in [2.24, 2.45) is 0 Å². The lowest BCUT2D eigenvalue weighted by Gasteiger charge is -2.06. The first kappa shape index (κ1) is 11.7. The molecule has 94 valence electrons. The highest BCUT2D eigenvalue weighted by molar-refractivity contribution is 6.31. The number of ether oxygens (including phenoxy) is 1. The minimum Gasteiger partial charge on any atom is -0.437 e. The first-order valence-corrected chi connectivity index (χ1v) is 6.02. The summed E-state index contributed by atoms with van der Waals surface area (Å²) in [6.45, 7) is 0. The monoisotopic (exact) mass is 272 g/mol. The maximum atomic E-state index is 11.3. The highest BCUT2D eigenvalue weighted by Crippen LogP contribution is 2.26. The molecular weight excluding hydrogens is 264 g/mol. The molecule has 0 aliphatic carbocycles. The third kappa shape index (κ3) is 2.30. The average molecular weight is 273 g/mol. The predicted octanol–water partition coefficient (Wildman–Crippen LogP) is 3.37. The number of H-pyrrole nitrogens is 1. The van der Waals surface area contributed by atoms with Crippen molar-refractivity contribution in [1.82, 2.24) is 9.97 Å². The Balaban J connectivity index is 2.01. The molecule has 0 bridgehead atoms. The summed E-state index contributed by atoms with van der Waals surface area (Å²) in [6.07, 6.45) is 1.25. The zero-order valence-corrected chi connectivity index (χ0v) is 10.5. The van der Waals surface area contributed by atoms with Crippen LogP contribution in [0.25, 0.3) is 10.8 Å². The van der Waals surface area contributed by atoms with Crippen molar-refractivity contribution in [1.29, 1.82) is 0 Å². The molecule has 0 spiro atoms. The molecule has 0 atom stereocenters. The third-order valence-electron chi connectivity index (χ3n) is 2.70. The number of nitrogens with zero attached hydrogens (tertiary/aromatic N) is 1. The van der Waals surface area contributed by atoms with Gasteiger partial charge in [0.2, 0.25) is 5.88 Å². The Hall–Kier alpha value is -2.33. The van der Waals surface area contributed by atoms with Crippen molar-refractivity contribution in [3.63, 3.8) is 0 Å². The second-order valence-electron chi connectivity index (χ2n) is 3.96. The lowest BCUT2D eigenvalue weighted by Crippen LogP contribution is -2.07. The lowest BCUT2D eigenvalue weighted by atomic mass is 10.1. The van der Waals surface area contributed by atoms with E-state index >= 15 is 0 Å². The van der Waals surface area contributed by atoms with Crippen molar-refractivity contribution in [3.8, 4) is 11.6 Å². The maximum absolute atomic E-state index is 11.3. The highest BCUT2D eigenvalue weighted by atomic mass is 35.5. The Kier molecular flexibility index (Phi) is 2.93. The van der Waals surface area contributed by atoms with E-state index in [9.17, 15) is 4.79 Å². The van der Waals surface area contributed by atoms with Gasteiger partial charge in [-0.3, -0.25) is 4.79 Å². The largest absolute Gasteiger partial charge is 0.437 e. The number of halogens is 1. The molecule has 1 heterocycles. The van der Waals surface area contributed by atoms with E-state index in [4.69, 9.17) is 16.3 Å². The Morgan fingerprint density at radius 2 is 1.89 bits per heavy atom. The summed E-state index contributed by atoms with van der Waals surface area (Å²) >= 11 is 5.83. The molecule has 0 amide bonds. The van der Waals surface area contributed by atoms with Gasteiger partial charge in [0, 0.05) is 0 Å². The molecule has 0 aliphatic heterocycles. The second-order valence-corrected chi connectivity index (χ2v) is 4.34. The molecule has 5 heteroatoms. The van der Waals surface area contributed by atoms with E-state index in [2.05, 4.69) is 9.97 Å². The Labute approximate surface area is 113 Å². The summed E-state index contributed by atoms with van der Waals surface area (Å²) < 4.78 is 5.54. The summed E-state index contributed by atoms with van der Waals surface area (Å²) in [7, 11) is 0. The van der Waals surface area contributed by atoms with E-state index in [1.165, 1.54) is 6.33 Å². The molecule has 2 aromatic carbocycles. The summed E-state index contributed by atoms with van der Waals surface area (Å²) in [5.41, 5.74) is -0.424. The fourth-order valence-corrected chi connectivity index (χ4v) is 1.92. The van der Waals surface area contributed by atoms with E-state index in [0.29, 0.717) is 5.75 Å². The molecule has 0 fully saturated rings. The Morgan fingerprint density at radius 3 is 2.74 bits per heavy atom. The molecular formula is C14H9ClN2O2. The molecule has 3 rings (SSSR count). The van der Waals surface area contributed by atoms with Crippen molar-refractivity contribution < 1.29 is 4.74 Å². The Morgan fingerprint density at radius 1 is 1.11 bits per heavy atom. The van der Waals surface area contributed by atoms with Crippen LogP contribution >= 0.6 is 11.6 Å². The molecule has 0 aliphatic rings. The molecule has 0 saturated heterocycles. The van der Waals surface area contributed by atoms with Gasteiger partial charge < -0.3 is 9.72 Å². The van der Waals surface area contributed by atoms with Crippen LogP contribution in [0.3, 0.4) is 0 Å². The average Bonchev–Trinajstić information content (AvgIpc) is 2.44. The zero-order valence-electron chi connectivity index (χ0n) is 9.76. The highest BCUT2D eigenvalue weighted by Gasteiger charge is 2.08. The minimum absolute atomic E-state index is 0.0596.